The first-order valence-electron chi connectivity index (χ1n) is 53.1. The number of carboxylic acids is 1. The van der Waals surface area contributed by atoms with Crippen molar-refractivity contribution in [1.29, 1.82) is 0 Å². The molecule has 8 aliphatic rings. The molecule has 8 rings (SSSR count). The molecule has 0 aromatic carbocycles. The summed E-state index contributed by atoms with van der Waals surface area (Å²) in [6.07, 6.45) is -3.93. The topological polar surface area (TPSA) is 219 Å². The summed E-state index contributed by atoms with van der Waals surface area (Å²) in [5.74, 6) is -1.60. The lowest BCUT2D eigenvalue weighted by molar-refractivity contribution is -0.387. The van der Waals surface area contributed by atoms with Gasteiger partial charge in [0.1, 0.15) is 66.6 Å². The minimum absolute atomic E-state index is 0.0499. The predicted octanol–water partition coefficient (Wildman–Crippen LogP) is 25.7. The van der Waals surface area contributed by atoms with E-state index in [1.807, 2.05) is 0 Å². The molecule has 5 aliphatic carbocycles. The molecule has 3 aliphatic heterocycles. The van der Waals surface area contributed by atoms with Crippen LogP contribution in [0.25, 0.3) is 0 Å². The second-order valence-electron chi connectivity index (χ2n) is 42.9. The molecule has 0 bridgehead atoms. The number of aliphatic carboxylic acids is 1. The molecule has 0 aromatic heterocycles. The van der Waals surface area contributed by atoms with E-state index in [9.17, 15) is 9.90 Å². The van der Waals surface area contributed by atoms with E-state index in [1.165, 1.54) is 11.9 Å². The van der Waals surface area contributed by atoms with Crippen LogP contribution in [-0.2, 0) is 87.7 Å². The van der Waals surface area contributed by atoms with Crippen LogP contribution in [0, 0.1) is 50.2 Å². The molecule has 1 N–H and O–H groups in total. The lowest BCUT2D eigenvalue weighted by Crippen LogP contribution is -2.72. The Morgan fingerprint density at radius 1 is 0.445 bits per heavy atom. The minimum atomic E-state index is -2.93. The first-order valence-corrected chi connectivity index (χ1v) is 73.3. The summed E-state index contributed by atoms with van der Waals surface area (Å²) in [5.41, 5.74) is -2.03. The molecule has 3 saturated heterocycles. The van der Waals surface area contributed by atoms with Crippen LogP contribution in [0.1, 0.15) is 285 Å². The number of carbonyl (C=O) groups is 3. The van der Waals surface area contributed by atoms with Crippen molar-refractivity contribution < 1.29 is 92.8 Å². The van der Waals surface area contributed by atoms with Gasteiger partial charge in [-0.05, 0) is 249 Å². The van der Waals surface area contributed by atoms with Crippen molar-refractivity contribution in [2.45, 2.75) is 529 Å². The van der Waals surface area contributed by atoms with Crippen LogP contribution in [0.2, 0.25) is 145 Å². The molecule has 746 valence electrons. The Labute approximate surface area is 789 Å². The molecule has 0 aromatic rings. The Morgan fingerprint density at radius 3 is 1.33 bits per heavy atom. The lowest BCUT2D eigenvalue weighted by Gasteiger charge is -2.71. The summed E-state index contributed by atoms with van der Waals surface area (Å²) < 4.78 is 128. The third-order valence-corrected chi connectivity index (χ3v) is 75.5. The summed E-state index contributed by atoms with van der Waals surface area (Å²) >= 11 is 0. The molecule has 128 heavy (non-hydrogen) atoms. The number of fused-ring (bicyclic) bond motifs is 7. The predicted molar refractivity (Wildman–Crippen MR) is 538 cm³/mol. The van der Waals surface area contributed by atoms with Crippen molar-refractivity contribution in [3.63, 3.8) is 0 Å². The highest BCUT2D eigenvalue weighted by Gasteiger charge is 2.73. The SMILES string of the molecule is CCCCOC(=O)C1O[C@@H](O[C@H]2CCC3(C)C4CC=C5C6CC(C)(C)CC[C@]6(C(=O)O)[C@@H](OC)C[C@@]5(C)[C@]4(C)CC[C@H]3C2(C)C=O)C(OC2OC(CO[Si](CC)(CC)CC)[C@H](O[Si](CC)(CC)CC)[C@H](O[Si](CC)(CC)CC)[C@@H]2O[Si](CC)(CC)CC)[C@@H](O[C@@H]2OC[C@@H](O[Si](CC)(CC)CC)[C@H](O[Si](CC)(CC)CC)C2O[Si](CC)(CC)CC)[C@@H]1O[Si](CC)(CC)CC. The zero-order valence-electron chi connectivity index (χ0n) is 87.7. The first-order chi connectivity index (χ1) is 60.7. The van der Waals surface area contributed by atoms with Gasteiger partial charge in [-0.15, -0.1) is 0 Å². The van der Waals surface area contributed by atoms with Crippen molar-refractivity contribution in [3.8, 4) is 0 Å². The van der Waals surface area contributed by atoms with Crippen molar-refractivity contribution in [1.82, 2.24) is 0 Å². The molecule has 0 amide bonds. The van der Waals surface area contributed by atoms with Gasteiger partial charge in [-0.2, -0.15) is 0 Å². The fourth-order valence-corrected chi connectivity index (χ4v) is 49.1. The van der Waals surface area contributed by atoms with Crippen molar-refractivity contribution in [2.24, 2.45) is 50.2 Å². The fraction of sp³-hybridized carbons (Fsp3) is 0.950. The maximum absolute atomic E-state index is 16.5. The van der Waals surface area contributed by atoms with Gasteiger partial charge in [-0.1, -0.05) is 233 Å². The quantitative estimate of drug-likeness (QED) is 0.0149. The first kappa shape index (κ1) is 113. The third-order valence-electron chi connectivity index (χ3n) is 38.3. The molecule has 0 radical (unpaired) electrons. The normalized spacial score (nSPS) is 35.1. The highest BCUT2D eigenvalue weighted by molar-refractivity contribution is 6.76. The number of unbranched alkanes of at least 4 members (excludes halogenated alkanes) is 1. The molecule has 7 fully saturated rings. The minimum Gasteiger partial charge on any atom is -0.481 e. The van der Waals surface area contributed by atoms with Crippen LogP contribution in [0.5, 0.6) is 0 Å². The zero-order valence-corrected chi connectivity index (χ0v) is 95.7. The van der Waals surface area contributed by atoms with Crippen molar-refractivity contribution >= 4 is 84.8 Å². The highest BCUT2D eigenvalue weighted by Crippen LogP contribution is 2.76. The Kier molecular flexibility index (Phi) is 41.6. The van der Waals surface area contributed by atoms with Gasteiger partial charge in [0.15, 0.2) is 91.5 Å². The maximum atomic E-state index is 16.5. The summed E-state index contributed by atoms with van der Waals surface area (Å²) in [4.78, 5) is 46.3. The second-order valence-corrected chi connectivity index (χ2v) is 80.8. The average molecular weight is 1940 g/mol. The Bertz CT molecular complexity index is 3370. The van der Waals surface area contributed by atoms with E-state index in [1.54, 1.807) is 7.11 Å². The van der Waals surface area contributed by atoms with Gasteiger partial charge in [-0.3, -0.25) is 4.79 Å². The third kappa shape index (κ3) is 22.1. The Hall–Kier alpha value is -0.515. The van der Waals surface area contributed by atoms with Gasteiger partial charge < -0.3 is 83.2 Å². The highest BCUT2D eigenvalue weighted by atomic mass is 28.4. The van der Waals surface area contributed by atoms with Crippen LogP contribution in [0.3, 0.4) is 0 Å². The molecule has 3 heterocycles. The fourth-order valence-electron chi connectivity index (χ4n) is 26.6. The summed E-state index contributed by atoms with van der Waals surface area (Å²) in [7, 11) is -19.3. The summed E-state index contributed by atoms with van der Waals surface area (Å²) in [6, 6.07) is 20.7. The van der Waals surface area contributed by atoms with Crippen molar-refractivity contribution in [2.75, 3.05) is 26.9 Å². The van der Waals surface area contributed by atoms with E-state index in [-0.39, 0.29) is 48.4 Å². The number of aldehydes is 1. The molecule has 9 unspecified atom stereocenters. The smallest absolute Gasteiger partial charge is 0.338 e. The van der Waals surface area contributed by atoms with Gasteiger partial charge in [0.05, 0.1) is 43.5 Å². The maximum Gasteiger partial charge on any atom is 0.338 e. The Balaban J connectivity index is 1.50. The van der Waals surface area contributed by atoms with Gasteiger partial charge >= 0.3 is 11.9 Å². The molecule has 0 spiro atoms. The van der Waals surface area contributed by atoms with Crippen LogP contribution in [0.15, 0.2) is 11.6 Å². The second kappa shape index (κ2) is 47.2. The average Bonchev–Trinajstić information content (AvgIpc) is 0.668. The number of carbonyl (C=O) groups excluding carboxylic acids is 2. The van der Waals surface area contributed by atoms with E-state index >= 15 is 9.59 Å². The summed E-state index contributed by atoms with van der Waals surface area (Å²) in [5, 5.41) is 11.6. The van der Waals surface area contributed by atoms with Crippen LogP contribution >= 0.6 is 0 Å². The number of rotatable bonds is 54. The van der Waals surface area contributed by atoms with Gasteiger partial charge in [0, 0.05) is 7.11 Å². The van der Waals surface area contributed by atoms with E-state index < -0.39 is 198 Å². The monoisotopic (exact) mass is 1940 g/mol. The van der Waals surface area contributed by atoms with E-state index in [0.717, 1.165) is 184 Å². The molecular formula is C100H194O20Si8. The van der Waals surface area contributed by atoms with Crippen LogP contribution < -0.4 is 0 Å². The van der Waals surface area contributed by atoms with E-state index in [4.69, 9.17) is 73.3 Å². The molecule has 20 nitrogen and oxygen atoms in total. The molecule has 28 heteroatoms. The number of esters is 1. The van der Waals surface area contributed by atoms with Gasteiger partial charge in [0.25, 0.3) is 0 Å². The van der Waals surface area contributed by atoms with Gasteiger partial charge in [0.2, 0.25) is 0 Å². The standard InChI is InChI=1S/C100H194O20Si8/c1-33-58-67-106-90(102)86-85(118-126(49-17,50-18)51-19)83(111-91-88(119-127(52-20,53-21)54-22)82(116-124(43-11,44-12)45-13)76(70-107-91)114-122(37-5,38-6)39-7)87(113-93-89(120-128(55-23,56-24)57-25)84(117-125(46-14,47-15)48-16)81(115-123(40-8,41-9)42-10)75(109-93)71-108-121(34-2,35-3)36-4)92(112-86)110-79-62-63-96(28)77(97(79,29)72-101)61-64-98(30)78(96)60-59-73-74-68-95(26,27)65-66-100(74,94(103)104)80(105-32)69-99(73,98)31/h59,72,74-89,91-93H,33-58,60-71H2,1-32H3,(H,103,104)/t74?,75?,76-,77-,78?,79+,80+,81+,82+,83+,84+,85+,86?,87?,88?,89+,91+,92-,93?,96?,97?,98-,99-,100-/m1/s1. The molecule has 4 saturated carbocycles. The van der Waals surface area contributed by atoms with Crippen LogP contribution in [-0.4, -0.2) is 215 Å². The number of ether oxygens (including phenoxy) is 8. The number of carboxylic acid groups (broad SMARTS) is 1. The Morgan fingerprint density at radius 2 is 0.875 bits per heavy atom. The molecule has 24 atom stereocenters. The van der Waals surface area contributed by atoms with E-state index in [0.29, 0.717) is 32.1 Å². The molecular weight excluding hydrogens is 1750 g/mol. The number of allylic oxidation sites excluding steroid dienone is 2. The van der Waals surface area contributed by atoms with Crippen molar-refractivity contribution in [3.05, 3.63) is 11.6 Å². The number of hydrogen-bond donors (Lipinski definition) is 1. The number of hydrogen-bond acceptors (Lipinski definition) is 19. The van der Waals surface area contributed by atoms with E-state index in [2.05, 4.69) is 221 Å². The zero-order chi connectivity index (χ0) is 95.3. The van der Waals surface area contributed by atoms with Gasteiger partial charge in [-0.25, -0.2) is 4.79 Å². The van der Waals surface area contributed by atoms with Crippen LogP contribution in [0.4, 0.5) is 0 Å². The largest absolute Gasteiger partial charge is 0.481 e. The number of methoxy groups -OCH3 is 1. The summed E-state index contributed by atoms with van der Waals surface area (Å²) in [6.45, 7) is 71.8. The lowest BCUT2D eigenvalue weighted by atomic mass is 9.33.